The Hall–Kier alpha value is -2.56. The summed E-state index contributed by atoms with van der Waals surface area (Å²) in [5, 5.41) is 6.01. The van der Waals surface area contributed by atoms with Crippen molar-refractivity contribution in [2.45, 2.75) is 26.9 Å². The van der Waals surface area contributed by atoms with Crippen LogP contribution in [0.4, 0.5) is 11.4 Å². The van der Waals surface area contributed by atoms with Gasteiger partial charge in [-0.2, -0.15) is 0 Å². The minimum atomic E-state index is -0.0808. The molecule has 21 heavy (non-hydrogen) atoms. The van der Waals surface area contributed by atoms with E-state index in [2.05, 4.69) is 10.6 Å². The third-order valence-corrected chi connectivity index (χ3v) is 3.10. The molecule has 0 saturated carbocycles. The zero-order valence-electron chi connectivity index (χ0n) is 12.2. The molecule has 0 radical (unpaired) electrons. The van der Waals surface area contributed by atoms with Crippen LogP contribution in [-0.2, 0) is 17.9 Å². The van der Waals surface area contributed by atoms with E-state index in [0.29, 0.717) is 13.1 Å². The van der Waals surface area contributed by atoms with Gasteiger partial charge < -0.3 is 15.2 Å². The van der Waals surface area contributed by atoms with Gasteiger partial charge in [-0.1, -0.05) is 12.1 Å². The number of carbonyl (C=O) groups is 1. The van der Waals surface area contributed by atoms with Crippen LogP contribution in [-0.4, -0.2) is 10.5 Å². The molecule has 1 aromatic heterocycles. The number of rotatable bonds is 5. The summed E-state index contributed by atoms with van der Waals surface area (Å²) in [6.07, 6.45) is 1.81. The van der Waals surface area contributed by atoms with Crippen LogP contribution in [0.2, 0.25) is 0 Å². The lowest BCUT2D eigenvalue weighted by Crippen LogP contribution is -2.17. The summed E-state index contributed by atoms with van der Waals surface area (Å²) in [6.45, 7) is 4.73. The molecule has 110 valence electrons. The number of aryl methyl sites for hydroxylation is 1. The Kier molecular flexibility index (Phi) is 4.77. The molecule has 2 aromatic rings. The van der Waals surface area contributed by atoms with Crippen molar-refractivity contribution in [3.05, 3.63) is 58.5 Å². The number of nitrogens with one attached hydrogen (secondary N) is 2. The highest BCUT2D eigenvalue weighted by Gasteiger charge is 1.99. The second-order valence-corrected chi connectivity index (χ2v) is 4.77. The lowest BCUT2D eigenvalue weighted by atomic mass is 10.2. The Bertz CT molecular complexity index is 675. The highest BCUT2D eigenvalue weighted by atomic mass is 16.1. The SMILES string of the molecule is CCn1cc(NCc2ccc(NC(C)=O)cc2)ccc1=O. The molecule has 1 aromatic carbocycles. The van der Waals surface area contributed by atoms with E-state index in [9.17, 15) is 9.59 Å². The molecule has 0 saturated heterocycles. The molecule has 5 heteroatoms. The molecular weight excluding hydrogens is 266 g/mol. The molecule has 2 rings (SSSR count). The lowest BCUT2D eigenvalue weighted by molar-refractivity contribution is -0.114. The van der Waals surface area contributed by atoms with Crippen molar-refractivity contribution < 1.29 is 4.79 Å². The van der Waals surface area contributed by atoms with Gasteiger partial charge in [0.1, 0.15) is 0 Å². The number of hydrogen-bond acceptors (Lipinski definition) is 3. The van der Waals surface area contributed by atoms with Gasteiger partial charge in [0.05, 0.1) is 5.69 Å². The molecule has 0 unspecified atom stereocenters. The molecule has 0 aliphatic carbocycles. The van der Waals surface area contributed by atoms with Gasteiger partial charge in [0.15, 0.2) is 0 Å². The predicted octanol–water partition coefficient (Wildman–Crippen LogP) is 2.44. The van der Waals surface area contributed by atoms with E-state index in [1.807, 2.05) is 37.4 Å². The largest absolute Gasteiger partial charge is 0.380 e. The minimum absolute atomic E-state index is 0.00251. The first-order valence-corrected chi connectivity index (χ1v) is 6.89. The van der Waals surface area contributed by atoms with Crippen LogP contribution in [0.1, 0.15) is 19.4 Å². The zero-order valence-corrected chi connectivity index (χ0v) is 12.2. The van der Waals surface area contributed by atoms with Gasteiger partial charge in [-0.3, -0.25) is 9.59 Å². The van der Waals surface area contributed by atoms with Crippen LogP contribution in [0.25, 0.3) is 0 Å². The molecule has 0 bridgehead atoms. The van der Waals surface area contributed by atoms with Crippen LogP contribution in [0.5, 0.6) is 0 Å². The Balaban J connectivity index is 1.99. The maximum absolute atomic E-state index is 11.5. The number of carbonyl (C=O) groups excluding carboxylic acids is 1. The number of nitrogens with zero attached hydrogens (tertiary/aromatic N) is 1. The highest BCUT2D eigenvalue weighted by molar-refractivity contribution is 5.88. The van der Waals surface area contributed by atoms with Crippen molar-refractivity contribution in [3.8, 4) is 0 Å². The normalized spacial score (nSPS) is 10.2. The second-order valence-electron chi connectivity index (χ2n) is 4.77. The van der Waals surface area contributed by atoms with E-state index in [1.165, 1.54) is 6.92 Å². The fourth-order valence-electron chi connectivity index (χ4n) is 2.00. The standard InChI is InChI=1S/C16H19N3O2/c1-3-19-11-15(8-9-16(19)21)17-10-13-4-6-14(7-5-13)18-12(2)20/h4-9,11,17H,3,10H2,1-2H3,(H,18,20). The first kappa shape index (κ1) is 14.8. The van der Waals surface area contributed by atoms with E-state index in [4.69, 9.17) is 0 Å². The molecule has 0 fully saturated rings. The van der Waals surface area contributed by atoms with Crippen molar-refractivity contribution in [3.63, 3.8) is 0 Å². The van der Waals surface area contributed by atoms with Crippen molar-refractivity contribution in [2.24, 2.45) is 0 Å². The first-order valence-electron chi connectivity index (χ1n) is 6.89. The number of anilines is 2. The summed E-state index contributed by atoms with van der Waals surface area (Å²) < 4.78 is 1.65. The minimum Gasteiger partial charge on any atom is -0.380 e. The molecule has 0 aliphatic rings. The van der Waals surface area contributed by atoms with Crippen molar-refractivity contribution in [1.82, 2.24) is 4.57 Å². The van der Waals surface area contributed by atoms with E-state index in [1.54, 1.807) is 16.7 Å². The van der Waals surface area contributed by atoms with E-state index >= 15 is 0 Å². The molecule has 2 N–H and O–H groups in total. The predicted molar refractivity (Wildman–Crippen MR) is 84.4 cm³/mol. The average Bonchev–Trinajstić information content (AvgIpc) is 2.47. The summed E-state index contributed by atoms with van der Waals surface area (Å²) in [4.78, 5) is 22.4. The van der Waals surface area contributed by atoms with Crippen molar-refractivity contribution >= 4 is 17.3 Å². The number of hydrogen-bond donors (Lipinski definition) is 2. The average molecular weight is 285 g/mol. The number of benzene rings is 1. The van der Waals surface area contributed by atoms with Gasteiger partial charge in [-0.25, -0.2) is 0 Å². The van der Waals surface area contributed by atoms with Gasteiger partial charge in [0.25, 0.3) is 5.56 Å². The number of aromatic nitrogens is 1. The zero-order chi connectivity index (χ0) is 15.2. The maximum Gasteiger partial charge on any atom is 0.250 e. The van der Waals surface area contributed by atoms with Gasteiger partial charge in [0, 0.05) is 38.0 Å². The number of pyridine rings is 1. The van der Waals surface area contributed by atoms with E-state index in [0.717, 1.165) is 16.9 Å². The van der Waals surface area contributed by atoms with Crippen molar-refractivity contribution in [1.29, 1.82) is 0 Å². The summed E-state index contributed by atoms with van der Waals surface area (Å²) in [7, 11) is 0. The summed E-state index contributed by atoms with van der Waals surface area (Å²) in [6, 6.07) is 11.0. The lowest BCUT2D eigenvalue weighted by Gasteiger charge is -2.09. The van der Waals surface area contributed by atoms with Crippen LogP contribution in [0.3, 0.4) is 0 Å². The molecule has 1 heterocycles. The Morgan fingerprint density at radius 2 is 1.76 bits per heavy atom. The summed E-state index contributed by atoms with van der Waals surface area (Å²) in [5.41, 5.74) is 2.79. The molecule has 1 amide bonds. The van der Waals surface area contributed by atoms with Gasteiger partial charge in [-0.15, -0.1) is 0 Å². The van der Waals surface area contributed by atoms with E-state index < -0.39 is 0 Å². The van der Waals surface area contributed by atoms with Crippen LogP contribution >= 0.6 is 0 Å². The van der Waals surface area contributed by atoms with Crippen LogP contribution in [0.15, 0.2) is 47.4 Å². The smallest absolute Gasteiger partial charge is 0.250 e. The quantitative estimate of drug-likeness (QED) is 0.887. The third kappa shape index (κ3) is 4.21. The van der Waals surface area contributed by atoms with Crippen LogP contribution < -0.4 is 16.2 Å². The van der Waals surface area contributed by atoms with Gasteiger partial charge >= 0.3 is 0 Å². The Morgan fingerprint density at radius 1 is 1.10 bits per heavy atom. The third-order valence-electron chi connectivity index (χ3n) is 3.10. The van der Waals surface area contributed by atoms with E-state index in [-0.39, 0.29) is 11.5 Å². The fraction of sp³-hybridized carbons (Fsp3) is 0.250. The summed E-state index contributed by atoms with van der Waals surface area (Å²) in [5.74, 6) is -0.0808. The molecule has 0 spiro atoms. The van der Waals surface area contributed by atoms with Crippen LogP contribution in [0, 0.1) is 0 Å². The van der Waals surface area contributed by atoms with Crippen molar-refractivity contribution in [2.75, 3.05) is 10.6 Å². The molecule has 0 atom stereocenters. The first-order chi connectivity index (χ1) is 10.1. The maximum atomic E-state index is 11.5. The highest BCUT2D eigenvalue weighted by Crippen LogP contribution is 2.11. The second kappa shape index (κ2) is 6.74. The van der Waals surface area contributed by atoms with Gasteiger partial charge in [0.2, 0.25) is 5.91 Å². The Labute approximate surface area is 123 Å². The fourth-order valence-corrected chi connectivity index (χ4v) is 2.00. The van der Waals surface area contributed by atoms with Gasteiger partial charge in [-0.05, 0) is 30.7 Å². The molecule has 0 aliphatic heterocycles. The number of amides is 1. The summed E-state index contributed by atoms with van der Waals surface area (Å²) >= 11 is 0. The molecular formula is C16H19N3O2. The monoisotopic (exact) mass is 285 g/mol. The topological polar surface area (TPSA) is 63.1 Å². The Morgan fingerprint density at radius 3 is 2.38 bits per heavy atom. The molecule has 5 nitrogen and oxygen atoms in total.